The lowest BCUT2D eigenvalue weighted by molar-refractivity contribution is -0.141. The SMILES string of the molecule is FC(F)(F)c1cnc(NC2CCCNC2)cn1. The fourth-order valence-electron chi connectivity index (χ4n) is 1.73. The number of nitrogens with one attached hydrogen (secondary N) is 2. The summed E-state index contributed by atoms with van der Waals surface area (Å²) >= 11 is 0. The zero-order valence-corrected chi connectivity index (χ0v) is 9.09. The Kier molecular flexibility index (Phi) is 3.46. The van der Waals surface area contributed by atoms with E-state index >= 15 is 0 Å². The molecule has 7 heteroatoms. The topological polar surface area (TPSA) is 49.8 Å². The van der Waals surface area contributed by atoms with E-state index in [-0.39, 0.29) is 6.04 Å². The molecule has 1 aromatic rings. The van der Waals surface area contributed by atoms with Crippen LogP contribution in [0.2, 0.25) is 0 Å². The summed E-state index contributed by atoms with van der Waals surface area (Å²) in [6.45, 7) is 1.78. The first kappa shape index (κ1) is 12.1. The van der Waals surface area contributed by atoms with Crippen LogP contribution in [0.25, 0.3) is 0 Å². The molecule has 0 aliphatic carbocycles. The number of rotatable bonds is 2. The van der Waals surface area contributed by atoms with Crippen LogP contribution >= 0.6 is 0 Å². The van der Waals surface area contributed by atoms with Gasteiger partial charge in [-0.05, 0) is 19.4 Å². The Morgan fingerprint density at radius 3 is 2.65 bits per heavy atom. The van der Waals surface area contributed by atoms with Gasteiger partial charge >= 0.3 is 6.18 Å². The molecular formula is C10H13F3N4. The second-order valence-corrected chi connectivity index (χ2v) is 3.97. The summed E-state index contributed by atoms with van der Waals surface area (Å²) in [7, 11) is 0. The molecule has 1 unspecified atom stereocenters. The first-order valence-electron chi connectivity index (χ1n) is 5.42. The third kappa shape index (κ3) is 3.29. The molecular weight excluding hydrogens is 233 g/mol. The van der Waals surface area contributed by atoms with Crippen molar-refractivity contribution in [3.8, 4) is 0 Å². The summed E-state index contributed by atoms with van der Waals surface area (Å²) < 4.78 is 36.7. The number of halogens is 3. The third-order valence-electron chi connectivity index (χ3n) is 2.59. The summed E-state index contributed by atoms with van der Waals surface area (Å²) in [4.78, 5) is 7.06. The van der Waals surface area contributed by atoms with Gasteiger partial charge in [-0.3, -0.25) is 0 Å². The highest BCUT2D eigenvalue weighted by atomic mass is 19.4. The van der Waals surface area contributed by atoms with Crippen LogP contribution in [0.15, 0.2) is 12.4 Å². The highest BCUT2D eigenvalue weighted by Gasteiger charge is 2.32. The van der Waals surface area contributed by atoms with Gasteiger partial charge < -0.3 is 10.6 Å². The molecule has 0 saturated carbocycles. The molecule has 1 atom stereocenters. The highest BCUT2D eigenvalue weighted by molar-refractivity contribution is 5.33. The molecule has 1 fully saturated rings. The van der Waals surface area contributed by atoms with Gasteiger partial charge in [-0.15, -0.1) is 0 Å². The number of alkyl halides is 3. The standard InChI is InChI=1S/C10H13F3N4/c11-10(12,13)8-5-16-9(6-15-8)17-7-2-1-3-14-4-7/h5-7,14H,1-4H2,(H,16,17). The zero-order chi connectivity index (χ0) is 12.3. The number of piperidine rings is 1. The quantitative estimate of drug-likeness (QED) is 0.833. The fraction of sp³-hybridized carbons (Fsp3) is 0.600. The van der Waals surface area contributed by atoms with Crippen LogP contribution in [0.3, 0.4) is 0 Å². The van der Waals surface area contributed by atoms with Gasteiger partial charge in [-0.25, -0.2) is 9.97 Å². The van der Waals surface area contributed by atoms with Crippen molar-refractivity contribution < 1.29 is 13.2 Å². The molecule has 1 aliphatic heterocycles. The van der Waals surface area contributed by atoms with Crippen molar-refractivity contribution in [3.05, 3.63) is 18.1 Å². The molecule has 94 valence electrons. The number of hydrogen-bond acceptors (Lipinski definition) is 4. The minimum atomic E-state index is -4.43. The van der Waals surface area contributed by atoms with Gasteiger partial charge in [0.2, 0.25) is 0 Å². The number of aromatic nitrogens is 2. The Bertz CT molecular complexity index is 357. The third-order valence-corrected chi connectivity index (χ3v) is 2.59. The molecule has 4 nitrogen and oxygen atoms in total. The van der Waals surface area contributed by atoms with Gasteiger partial charge in [-0.1, -0.05) is 0 Å². The smallest absolute Gasteiger partial charge is 0.365 e. The van der Waals surface area contributed by atoms with Crippen molar-refractivity contribution in [1.29, 1.82) is 0 Å². The molecule has 0 bridgehead atoms. The Morgan fingerprint density at radius 2 is 2.12 bits per heavy atom. The van der Waals surface area contributed by atoms with Gasteiger partial charge in [0.1, 0.15) is 5.82 Å². The average molecular weight is 246 g/mol. The number of nitrogens with zero attached hydrogens (tertiary/aromatic N) is 2. The predicted molar refractivity (Wildman–Crippen MR) is 56.5 cm³/mol. The predicted octanol–water partition coefficient (Wildman–Crippen LogP) is 1.66. The van der Waals surface area contributed by atoms with E-state index in [1.807, 2.05) is 0 Å². The van der Waals surface area contributed by atoms with Crippen LogP contribution in [0.5, 0.6) is 0 Å². The Balaban J connectivity index is 1.98. The van der Waals surface area contributed by atoms with Crippen LogP contribution in [-0.2, 0) is 6.18 Å². The molecule has 1 aromatic heterocycles. The average Bonchev–Trinajstić information content (AvgIpc) is 2.30. The van der Waals surface area contributed by atoms with E-state index in [9.17, 15) is 13.2 Å². The van der Waals surface area contributed by atoms with E-state index in [2.05, 4.69) is 20.6 Å². The molecule has 2 rings (SSSR count). The molecule has 0 aromatic carbocycles. The molecule has 0 spiro atoms. The van der Waals surface area contributed by atoms with Crippen molar-refractivity contribution in [2.45, 2.75) is 25.1 Å². The minimum absolute atomic E-state index is 0.204. The van der Waals surface area contributed by atoms with Crippen molar-refractivity contribution in [1.82, 2.24) is 15.3 Å². The summed E-state index contributed by atoms with van der Waals surface area (Å²) in [5.41, 5.74) is -0.968. The van der Waals surface area contributed by atoms with E-state index in [0.717, 1.165) is 38.3 Å². The van der Waals surface area contributed by atoms with Gasteiger partial charge in [0, 0.05) is 12.6 Å². The van der Waals surface area contributed by atoms with E-state index < -0.39 is 11.9 Å². The van der Waals surface area contributed by atoms with Crippen LogP contribution < -0.4 is 10.6 Å². The van der Waals surface area contributed by atoms with E-state index in [4.69, 9.17) is 0 Å². The Morgan fingerprint density at radius 1 is 1.29 bits per heavy atom. The van der Waals surface area contributed by atoms with Gasteiger partial charge in [0.25, 0.3) is 0 Å². The number of hydrogen-bond donors (Lipinski definition) is 2. The maximum Gasteiger partial charge on any atom is 0.434 e. The van der Waals surface area contributed by atoms with E-state index in [1.165, 1.54) is 0 Å². The zero-order valence-electron chi connectivity index (χ0n) is 9.09. The van der Waals surface area contributed by atoms with Gasteiger partial charge in [0.15, 0.2) is 5.69 Å². The van der Waals surface area contributed by atoms with Crippen LogP contribution in [0.1, 0.15) is 18.5 Å². The van der Waals surface area contributed by atoms with E-state index in [0.29, 0.717) is 5.82 Å². The van der Waals surface area contributed by atoms with Crippen LogP contribution in [-0.4, -0.2) is 29.1 Å². The highest BCUT2D eigenvalue weighted by Crippen LogP contribution is 2.26. The maximum atomic E-state index is 12.2. The fourth-order valence-corrected chi connectivity index (χ4v) is 1.73. The molecule has 1 saturated heterocycles. The maximum absolute atomic E-state index is 12.2. The van der Waals surface area contributed by atoms with E-state index in [1.54, 1.807) is 0 Å². The van der Waals surface area contributed by atoms with Crippen LogP contribution in [0.4, 0.5) is 19.0 Å². The normalized spacial score (nSPS) is 21.2. The molecule has 17 heavy (non-hydrogen) atoms. The largest absolute Gasteiger partial charge is 0.434 e. The molecule has 2 N–H and O–H groups in total. The van der Waals surface area contributed by atoms with Crippen LogP contribution in [0, 0.1) is 0 Å². The lowest BCUT2D eigenvalue weighted by Crippen LogP contribution is -2.38. The molecule has 0 radical (unpaired) electrons. The summed E-state index contributed by atoms with van der Waals surface area (Å²) in [6.07, 6.45) is -0.532. The number of anilines is 1. The van der Waals surface area contributed by atoms with Crippen molar-refractivity contribution in [2.75, 3.05) is 18.4 Å². The lowest BCUT2D eigenvalue weighted by atomic mass is 10.1. The monoisotopic (exact) mass is 246 g/mol. The summed E-state index contributed by atoms with van der Waals surface area (Å²) in [5.74, 6) is 0.381. The minimum Gasteiger partial charge on any atom is -0.365 e. The molecule has 2 heterocycles. The van der Waals surface area contributed by atoms with Gasteiger partial charge in [0.05, 0.1) is 12.4 Å². The summed E-state index contributed by atoms with van der Waals surface area (Å²) in [5, 5.41) is 6.26. The van der Waals surface area contributed by atoms with Crippen molar-refractivity contribution in [2.24, 2.45) is 0 Å². The lowest BCUT2D eigenvalue weighted by Gasteiger charge is -2.24. The van der Waals surface area contributed by atoms with Crippen molar-refractivity contribution >= 4 is 5.82 Å². The first-order valence-corrected chi connectivity index (χ1v) is 5.42. The Labute approximate surface area is 96.7 Å². The second kappa shape index (κ2) is 4.87. The first-order chi connectivity index (χ1) is 8.05. The van der Waals surface area contributed by atoms with Gasteiger partial charge in [-0.2, -0.15) is 13.2 Å². The Hall–Kier alpha value is -1.37. The summed E-state index contributed by atoms with van der Waals surface area (Å²) in [6, 6.07) is 0.204. The molecule has 0 amide bonds. The van der Waals surface area contributed by atoms with Crippen molar-refractivity contribution in [3.63, 3.8) is 0 Å². The second-order valence-electron chi connectivity index (χ2n) is 3.97. The molecule has 1 aliphatic rings.